The first-order chi connectivity index (χ1) is 15.5. The van der Waals surface area contributed by atoms with Crippen LogP contribution in [-0.2, 0) is 13.9 Å². The number of imidazole rings is 1. The van der Waals surface area contributed by atoms with Crippen molar-refractivity contribution >= 4 is 56.3 Å². The summed E-state index contributed by atoms with van der Waals surface area (Å²) in [6.07, 6.45) is 1.91. The van der Waals surface area contributed by atoms with E-state index in [-0.39, 0.29) is 31.6 Å². The second kappa shape index (κ2) is 10.5. The molecule has 0 fully saturated rings. The summed E-state index contributed by atoms with van der Waals surface area (Å²) in [6.45, 7) is 4.00. The minimum absolute atomic E-state index is 0.102. The van der Waals surface area contributed by atoms with E-state index in [1.807, 2.05) is 24.5 Å². The predicted molar refractivity (Wildman–Crippen MR) is 127 cm³/mol. The molecular weight excluding hydrogens is 494 g/mol. The summed E-state index contributed by atoms with van der Waals surface area (Å²) < 4.78 is 29.0. The molecule has 1 aromatic carbocycles. The van der Waals surface area contributed by atoms with Crippen molar-refractivity contribution < 1.29 is 28.8 Å². The summed E-state index contributed by atoms with van der Waals surface area (Å²) in [5.74, 6) is 0.750. The van der Waals surface area contributed by atoms with Crippen molar-refractivity contribution in [3.05, 3.63) is 35.6 Å². The molecule has 2 unspecified atom stereocenters. The maximum absolute atomic E-state index is 11.2. The fraction of sp³-hybridized carbons (Fsp3) is 0.389. The maximum Gasteiger partial charge on any atom is 0.391 e. The predicted octanol–water partition coefficient (Wildman–Crippen LogP) is 3.16. The smallest absolute Gasteiger partial charge is 0.354 e. The fourth-order valence-corrected chi connectivity index (χ4v) is 4.03. The number of hydrogen-bond donors (Lipinski definition) is 5. The van der Waals surface area contributed by atoms with E-state index < -0.39 is 21.3 Å². The molecule has 0 saturated carbocycles. The van der Waals surface area contributed by atoms with Crippen LogP contribution < -0.4 is 10.6 Å². The highest BCUT2D eigenvalue weighted by atomic mass is 35.5. The number of nitrogens with one attached hydrogen (secondary N) is 2. The number of hydrogen-bond acceptors (Lipinski definition) is 9. The monoisotopic (exact) mass is 518 g/mol. The molecule has 180 valence electrons. The first-order valence-corrected chi connectivity index (χ1v) is 13.0. The molecule has 0 aliphatic carbocycles. The topological polar surface area (TPSA) is 172 Å². The van der Waals surface area contributed by atoms with Crippen LogP contribution in [-0.4, -0.2) is 52.8 Å². The quantitative estimate of drug-likeness (QED) is 0.143. The lowest BCUT2D eigenvalue weighted by molar-refractivity contribution is -0.0876. The van der Waals surface area contributed by atoms with Crippen LogP contribution in [0.4, 0.5) is 17.5 Å². The molecule has 3 rings (SSSR count). The van der Waals surface area contributed by atoms with Crippen molar-refractivity contribution in [1.29, 1.82) is 0 Å². The van der Waals surface area contributed by atoms with Crippen LogP contribution in [0.1, 0.15) is 26.3 Å². The minimum Gasteiger partial charge on any atom is -0.354 e. The number of fused-ring (bicyclic) bond motifs is 1. The van der Waals surface area contributed by atoms with Crippen molar-refractivity contribution in [2.75, 3.05) is 23.8 Å². The molecule has 15 heteroatoms. The molecule has 0 aliphatic heterocycles. The van der Waals surface area contributed by atoms with Crippen LogP contribution in [0.2, 0.25) is 5.02 Å². The second-order valence-electron chi connectivity index (χ2n) is 7.40. The van der Waals surface area contributed by atoms with Gasteiger partial charge >= 0.3 is 12.9 Å². The Morgan fingerprint density at radius 3 is 2.73 bits per heavy atom. The maximum atomic E-state index is 11.2. The lowest BCUT2D eigenvalue weighted by atomic mass is 10.3. The average molecular weight is 519 g/mol. The number of halogens is 1. The molecule has 0 radical (unpaired) electrons. The normalized spacial score (nSPS) is 14.3. The molecule has 2 aromatic heterocycles. The number of ether oxygens (including phenoxy) is 1. The molecule has 33 heavy (non-hydrogen) atoms. The van der Waals surface area contributed by atoms with Crippen molar-refractivity contribution in [3.63, 3.8) is 0 Å². The SMILES string of the molecule is CC(C)n1cnc2c(Nc3cccc(Cl)c3)nc(NCCCOC(O)([PH2]=O)P(=O)(O)O)nc21. The zero-order valence-electron chi connectivity index (χ0n) is 17.8. The van der Waals surface area contributed by atoms with Crippen LogP contribution in [0.3, 0.4) is 0 Å². The third-order valence-corrected chi connectivity index (χ3v) is 7.55. The summed E-state index contributed by atoms with van der Waals surface area (Å²) >= 11 is 6.07. The lowest BCUT2D eigenvalue weighted by Gasteiger charge is -2.23. The van der Waals surface area contributed by atoms with Crippen molar-refractivity contribution in [1.82, 2.24) is 19.5 Å². The third kappa shape index (κ3) is 6.10. The van der Waals surface area contributed by atoms with Crippen molar-refractivity contribution in [3.8, 4) is 0 Å². The lowest BCUT2D eigenvalue weighted by Crippen LogP contribution is -2.26. The number of aromatic nitrogens is 4. The Morgan fingerprint density at radius 2 is 2.09 bits per heavy atom. The summed E-state index contributed by atoms with van der Waals surface area (Å²) in [6, 6.07) is 7.25. The number of benzene rings is 1. The summed E-state index contributed by atoms with van der Waals surface area (Å²) in [5.41, 5.74) is 1.90. The Kier molecular flexibility index (Phi) is 8.13. The van der Waals surface area contributed by atoms with Gasteiger partial charge in [0, 0.05) is 23.3 Å². The second-order valence-corrected chi connectivity index (χ2v) is 11.1. The molecule has 0 bridgehead atoms. The van der Waals surface area contributed by atoms with Crippen LogP contribution in [0.5, 0.6) is 0 Å². The molecular formula is C18H25ClN6O6P2. The fourth-order valence-electron chi connectivity index (χ4n) is 2.85. The van der Waals surface area contributed by atoms with E-state index in [0.29, 0.717) is 22.0 Å². The Bertz CT molecular complexity index is 1190. The molecule has 0 aliphatic rings. The van der Waals surface area contributed by atoms with Gasteiger partial charge in [-0.25, -0.2) is 4.98 Å². The number of aliphatic hydroxyl groups is 1. The van der Waals surface area contributed by atoms with Gasteiger partial charge in [-0.3, -0.25) is 4.57 Å². The highest BCUT2D eigenvalue weighted by Gasteiger charge is 2.46. The summed E-state index contributed by atoms with van der Waals surface area (Å²) in [7, 11) is -7.35. The highest BCUT2D eigenvalue weighted by molar-refractivity contribution is 7.62. The Hall–Kier alpha value is -2.04. The van der Waals surface area contributed by atoms with E-state index in [1.54, 1.807) is 24.5 Å². The molecule has 0 saturated heterocycles. The molecule has 5 N–H and O–H groups in total. The van der Waals surface area contributed by atoms with E-state index in [0.717, 1.165) is 5.69 Å². The van der Waals surface area contributed by atoms with Gasteiger partial charge in [0.15, 0.2) is 17.0 Å². The van der Waals surface area contributed by atoms with Crippen LogP contribution >= 0.6 is 27.7 Å². The zero-order valence-corrected chi connectivity index (χ0v) is 20.6. The molecule has 0 spiro atoms. The van der Waals surface area contributed by atoms with Gasteiger partial charge in [0.1, 0.15) is 8.46 Å². The van der Waals surface area contributed by atoms with Gasteiger partial charge in [-0.15, -0.1) is 0 Å². The summed E-state index contributed by atoms with van der Waals surface area (Å²) in [5, 5.41) is 13.5. The molecule has 2 atom stereocenters. The largest absolute Gasteiger partial charge is 0.391 e. The van der Waals surface area contributed by atoms with Gasteiger partial charge in [-0.2, -0.15) is 9.97 Å². The highest BCUT2D eigenvalue weighted by Crippen LogP contribution is 2.55. The average Bonchev–Trinajstić information content (AvgIpc) is 3.17. The first-order valence-electron chi connectivity index (χ1n) is 9.93. The Labute approximate surface area is 195 Å². The standard InChI is InChI=1S/C18H25ClN6O6P2/c1-11(2)25-10-21-14-15(22-13-6-3-5-12(19)9-13)23-17(24-16(14)25)20-7-4-8-31-18(26,32-27)33(28,29)30/h3,5-6,9-11,26H,4,7-8,32H2,1-2H3,(H2,28,29,30)(H2,20,22,23,24). The first kappa shape index (κ1) is 25.6. The van der Waals surface area contributed by atoms with Crippen molar-refractivity contribution in [2.24, 2.45) is 0 Å². The van der Waals surface area contributed by atoms with E-state index in [1.165, 1.54) is 0 Å². The molecule has 0 amide bonds. The molecule has 12 nitrogen and oxygen atoms in total. The van der Waals surface area contributed by atoms with Gasteiger partial charge < -0.3 is 39.4 Å². The zero-order chi connectivity index (χ0) is 24.2. The van der Waals surface area contributed by atoms with Gasteiger partial charge in [0.05, 0.1) is 12.9 Å². The van der Waals surface area contributed by atoms with E-state index in [9.17, 15) is 14.2 Å². The summed E-state index contributed by atoms with van der Waals surface area (Å²) in [4.78, 5) is 31.6. The van der Waals surface area contributed by atoms with Crippen LogP contribution in [0.15, 0.2) is 30.6 Å². The van der Waals surface area contributed by atoms with Crippen LogP contribution in [0, 0.1) is 0 Å². The molecule has 2 heterocycles. The van der Waals surface area contributed by atoms with Gasteiger partial charge in [0.2, 0.25) is 5.95 Å². The van der Waals surface area contributed by atoms with E-state index in [2.05, 4.69) is 25.6 Å². The number of anilines is 3. The van der Waals surface area contributed by atoms with E-state index in [4.69, 9.17) is 26.1 Å². The van der Waals surface area contributed by atoms with E-state index >= 15 is 0 Å². The number of nitrogens with zero attached hydrogens (tertiary/aromatic N) is 4. The Morgan fingerprint density at radius 1 is 1.33 bits per heavy atom. The number of rotatable bonds is 11. The van der Waals surface area contributed by atoms with Gasteiger partial charge in [-0.1, -0.05) is 17.7 Å². The van der Waals surface area contributed by atoms with Crippen molar-refractivity contribution in [2.45, 2.75) is 31.6 Å². The minimum atomic E-state index is -5.09. The Balaban J connectivity index is 1.76. The third-order valence-electron chi connectivity index (χ3n) is 4.55. The van der Waals surface area contributed by atoms with Gasteiger partial charge in [-0.05, 0) is 38.5 Å². The van der Waals surface area contributed by atoms with Gasteiger partial charge in [0.25, 0.3) is 0 Å². The van der Waals surface area contributed by atoms with Crippen LogP contribution in [0.25, 0.3) is 11.2 Å². The molecule has 3 aromatic rings.